The highest BCUT2D eigenvalue weighted by Gasteiger charge is 2.59. The monoisotopic (exact) mass is 318 g/mol. The molecule has 4 atom stereocenters. The molecule has 0 aromatic rings. The topological polar surface area (TPSA) is 73.6 Å². The van der Waals surface area contributed by atoms with Gasteiger partial charge in [0.25, 0.3) is 0 Å². The standard InChI is InChI=1S/C15H26N2O3.ClH/c1-2-19-13-8-12(15(13)6-3-7-15)17-14(18)11-5-4-10(9-16)20-11;/h10-13H,2-9,16H2,1H3,(H,17,18);1H/t10-,11+,12?,13?;/m1./s1. The Labute approximate surface area is 132 Å². The molecule has 2 unspecified atom stereocenters. The number of ether oxygens (including phenoxy) is 2. The third-order valence-electron chi connectivity index (χ3n) is 5.42. The number of amides is 1. The van der Waals surface area contributed by atoms with E-state index in [2.05, 4.69) is 5.32 Å². The fraction of sp³-hybridized carbons (Fsp3) is 0.933. The molecule has 6 heteroatoms. The van der Waals surface area contributed by atoms with E-state index in [1.54, 1.807) is 0 Å². The molecule has 3 fully saturated rings. The van der Waals surface area contributed by atoms with Crippen LogP contribution in [0.5, 0.6) is 0 Å². The molecule has 0 bridgehead atoms. The van der Waals surface area contributed by atoms with Crippen molar-refractivity contribution in [3.05, 3.63) is 0 Å². The van der Waals surface area contributed by atoms with Crippen LogP contribution in [0.3, 0.4) is 0 Å². The van der Waals surface area contributed by atoms with E-state index in [0.717, 1.165) is 25.9 Å². The van der Waals surface area contributed by atoms with Gasteiger partial charge in [0.1, 0.15) is 6.10 Å². The maximum atomic E-state index is 12.3. The summed E-state index contributed by atoms with van der Waals surface area (Å²) in [7, 11) is 0. The molecular formula is C15H27ClN2O3. The van der Waals surface area contributed by atoms with Crippen LogP contribution in [-0.2, 0) is 14.3 Å². The van der Waals surface area contributed by atoms with Crippen LogP contribution in [-0.4, -0.2) is 43.4 Å². The molecule has 122 valence electrons. The first-order valence-electron chi connectivity index (χ1n) is 7.97. The molecule has 0 radical (unpaired) electrons. The Balaban J connectivity index is 0.00000161. The van der Waals surface area contributed by atoms with Crippen LogP contribution >= 0.6 is 12.4 Å². The molecule has 1 aliphatic heterocycles. The Kier molecular flexibility index (Phi) is 5.52. The molecule has 1 amide bonds. The molecular weight excluding hydrogens is 292 g/mol. The van der Waals surface area contributed by atoms with Crippen LogP contribution in [0, 0.1) is 5.41 Å². The minimum absolute atomic E-state index is 0. The lowest BCUT2D eigenvalue weighted by molar-refractivity contribution is -0.178. The summed E-state index contributed by atoms with van der Waals surface area (Å²) in [6.45, 7) is 3.30. The second-order valence-corrected chi connectivity index (χ2v) is 6.39. The molecule has 1 heterocycles. The SMILES string of the molecule is CCOC1CC(NC(=O)[C@@H]2CC[C@H](CN)O2)C12CCC2.Cl. The van der Waals surface area contributed by atoms with Crippen molar-refractivity contribution >= 4 is 18.3 Å². The number of hydrogen-bond donors (Lipinski definition) is 2. The minimum atomic E-state index is -0.299. The van der Waals surface area contributed by atoms with Crippen molar-refractivity contribution in [1.82, 2.24) is 5.32 Å². The molecule has 0 aromatic carbocycles. The maximum Gasteiger partial charge on any atom is 0.249 e. The average Bonchev–Trinajstić information content (AvgIpc) is 2.84. The molecule has 1 spiro atoms. The van der Waals surface area contributed by atoms with Crippen LogP contribution in [0.4, 0.5) is 0 Å². The summed E-state index contributed by atoms with van der Waals surface area (Å²) >= 11 is 0. The summed E-state index contributed by atoms with van der Waals surface area (Å²) in [6.07, 6.45) is 6.35. The highest BCUT2D eigenvalue weighted by atomic mass is 35.5. The summed E-state index contributed by atoms with van der Waals surface area (Å²) in [5, 5.41) is 3.20. The van der Waals surface area contributed by atoms with Gasteiger partial charge in [-0.2, -0.15) is 0 Å². The second kappa shape index (κ2) is 6.82. The van der Waals surface area contributed by atoms with Crippen molar-refractivity contribution < 1.29 is 14.3 Å². The zero-order valence-corrected chi connectivity index (χ0v) is 13.5. The smallest absolute Gasteiger partial charge is 0.249 e. The van der Waals surface area contributed by atoms with E-state index in [-0.39, 0.29) is 42.0 Å². The first-order valence-corrected chi connectivity index (χ1v) is 7.97. The number of halogens is 1. The lowest BCUT2D eigenvalue weighted by Crippen LogP contribution is -2.68. The zero-order valence-electron chi connectivity index (χ0n) is 12.7. The van der Waals surface area contributed by atoms with E-state index in [1.165, 1.54) is 19.3 Å². The highest BCUT2D eigenvalue weighted by molar-refractivity contribution is 5.85. The van der Waals surface area contributed by atoms with Gasteiger partial charge in [0.15, 0.2) is 0 Å². The van der Waals surface area contributed by atoms with Gasteiger partial charge in [0, 0.05) is 24.6 Å². The average molecular weight is 319 g/mol. The highest BCUT2D eigenvalue weighted by Crippen LogP contribution is 2.57. The van der Waals surface area contributed by atoms with Crippen molar-refractivity contribution in [2.75, 3.05) is 13.2 Å². The van der Waals surface area contributed by atoms with Gasteiger partial charge in [-0.25, -0.2) is 0 Å². The summed E-state index contributed by atoms with van der Waals surface area (Å²) in [6, 6.07) is 0.279. The van der Waals surface area contributed by atoms with Gasteiger partial charge in [0.2, 0.25) is 5.91 Å². The molecule has 1 saturated heterocycles. The van der Waals surface area contributed by atoms with E-state index in [1.807, 2.05) is 6.92 Å². The molecule has 3 N–H and O–H groups in total. The summed E-state index contributed by atoms with van der Waals surface area (Å²) in [4.78, 5) is 12.3. The van der Waals surface area contributed by atoms with Crippen LogP contribution in [0.15, 0.2) is 0 Å². The van der Waals surface area contributed by atoms with Crippen molar-refractivity contribution in [3.8, 4) is 0 Å². The number of nitrogens with two attached hydrogens (primary N) is 1. The Hall–Kier alpha value is -0.360. The summed E-state index contributed by atoms with van der Waals surface area (Å²) < 4.78 is 11.5. The summed E-state index contributed by atoms with van der Waals surface area (Å²) in [5.74, 6) is 0.0483. The van der Waals surface area contributed by atoms with Crippen molar-refractivity contribution in [2.45, 2.75) is 69.8 Å². The van der Waals surface area contributed by atoms with E-state index >= 15 is 0 Å². The van der Waals surface area contributed by atoms with Gasteiger partial charge in [-0.15, -0.1) is 12.4 Å². The number of rotatable bonds is 5. The van der Waals surface area contributed by atoms with E-state index in [4.69, 9.17) is 15.2 Å². The largest absolute Gasteiger partial charge is 0.378 e. The third kappa shape index (κ3) is 2.93. The van der Waals surface area contributed by atoms with Gasteiger partial charge in [-0.1, -0.05) is 6.42 Å². The Bertz CT molecular complexity index is 376. The Morgan fingerprint density at radius 3 is 2.71 bits per heavy atom. The van der Waals surface area contributed by atoms with E-state index in [9.17, 15) is 4.79 Å². The number of nitrogens with one attached hydrogen (secondary N) is 1. The predicted molar refractivity (Wildman–Crippen MR) is 82.4 cm³/mol. The van der Waals surface area contributed by atoms with Crippen molar-refractivity contribution in [2.24, 2.45) is 11.1 Å². The van der Waals surface area contributed by atoms with Gasteiger partial charge < -0.3 is 20.5 Å². The summed E-state index contributed by atoms with van der Waals surface area (Å²) in [5.41, 5.74) is 5.81. The normalized spacial score (nSPS) is 36.5. The van der Waals surface area contributed by atoms with Gasteiger partial charge >= 0.3 is 0 Å². The molecule has 2 aliphatic carbocycles. The van der Waals surface area contributed by atoms with Crippen LogP contribution in [0.25, 0.3) is 0 Å². The Morgan fingerprint density at radius 2 is 2.19 bits per heavy atom. The maximum absolute atomic E-state index is 12.3. The minimum Gasteiger partial charge on any atom is -0.378 e. The number of hydrogen-bond acceptors (Lipinski definition) is 4. The first-order chi connectivity index (χ1) is 9.69. The molecule has 3 rings (SSSR count). The lowest BCUT2D eigenvalue weighted by atomic mass is 9.51. The van der Waals surface area contributed by atoms with E-state index < -0.39 is 0 Å². The fourth-order valence-electron chi connectivity index (χ4n) is 3.98. The number of carbonyl (C=O) groups is 1. The predicted octanol–water partition coefficient (Wildman–Crippen LogP) is 1.38. The quantitative estimate of drug-likeness (QED) is 0.803. The van der Waals surface area contributed by atoms with Crippen LogP contribution in [0.2, 0.25) is 0 Å². The lowest BCUT2D eigenvalue weighted by Gasteiger charge is -2.61. The number of carbonyl (C=O) groups excluding carboxylic acids is 1. The second-order valence-electron chi connectivity index (χ2n) is 6.39. The van der Waals surface area contributed by atoms with Crippen molar-refractivity contribution in [3.63, 3.8) is 0 Å². The molecule has 0 aromatic heterocycles. The fourth-order valence-corrected chi connectivity index (χ4v) is 3.98. The zero-order chi connectivity index (χ0) is 14.2. The molecule has 3 aliphatic rings. The van der Waals surface area contributed by atoms with Crippen molar-refractivity contribution in [1.29, 1.82) is 0 Å². The molecule has 21 heavy (non-hydrogen) atoms. The molecule has 5 nitrogen and oxygen atoms in total. The Morgan fingerprint density at radius 1 is 1.43 bits per heavy atom. The van der Waals surface area contributed by atoms with Gasteiger partial charge in [0.05, 0.1) is 12.2 Å². The van der Waals surface area contributed by atoms with Crippen LogP contribution in [0.1, 0.15) is 45.4 Å². The molecule has 2 saturated carbocycles. The van der Waals surface area contributed by atoms with Gasteiger partial charge in [-0.3, -0.25) is 4.79 Å². The van der Waals surface area contributed by atoms with Crippen LogP contribution < -0.4 is 11.1 Å². The van der Waals surface area contributed by atoms with E-state index in [0.29, 0.717) is 12.6 Å². The third-order valence-corrected chi connectivity index (χ3v) is 5.42. The first kappa shape index (κ1) is 17.0. The van der Waals surface area contributed by atoms with Gasteiger partial charge in [-0.05, 0) is 39.0 Å².